The summed E-state index contributed by atoms with van der Waals surface area (Å²) >= 11 is 12.1. The fourth-order valence-corrected chi connectivity index (χ4v) is 2.84. The van der Waals surface area contributed by atoms with Crippen LogP contribution in [0.15, 0.2) is 47.1 Å². The van der Waals surface area contributed by atoms with E-state index in [9.17, 15) is 9.59 Å². The molecule has 8 heteroatoms. The van der Waals surface area contributed by atoms with Crippen LogP contribution in [0.25, 0.3) is 6.08 Å². The van der Waals surface area contributed by atoms with Crippen LogP contribution in [0, 0.1) is 0 Å². The highest BCUT2D eigenvalue weighted by molar-refractivity contribution is 6.32. The van der Waals surface area contributed by atoms with Gasteiger partial charge >= 0.3 is 11.9 Å². The molecule has 0 N–H and O–H groups in total. The van der Waals surface area contributed by atoms with Gasteiger partial charge in [-0.15, -0.1) is 0 Å². The molecular weight excluding hydrogens is 405 g/mol. The monoisotopic (exact) mass is 419 g/mol. The van der Waals surface area contributed by atoms with Crippen LogP contribution < -0.4 is 9.47 Å². The fourth-order valence-electron chi connectivity index (χ4n) is 2.46. The second-order valence-electron chi connectivity index (χ2n) is 5.70. The molecule has 0 saturated heterocycles. The maximum absolute atomic E-state index is 12.2. The molecule has 6 nitrogen and oxygen atoms in total. The summed E-state index contributed by atoms with van der Waals surface area (Å²) in [6, 6.07) is 9.90. The summed E-state index contributed by atoms with van der Waals surface area (Å²) in [5.74, 6) is -0.531. The summed E-state index contributed by atoms with van der Waals surface area (Å²) in [6.07, 6.45) is 1.51. The first kappa shape index (κ1) is 19.9. The van der Waals surface area contributed by atoms with Crippen LogP contribution in [0.5, 0.6) is 11.5 Å². The van der Waals surface area contributed by atoms with Crippen LogP contribution in [0.1, 0.15) is 25.0 Å². The van der Waals surface area contributed by atoms with Crippen molar-refractivity contribution in [1.29, 1.82) is 0 Å². The fraction of sp³-hybridized carbons (Fsp3) is 0.150. The highest BCUT2D eigenvalue weighted by Crippen LogP contribution is 2.37. The third-order valence-corrected chi connectivity index (χ3v) is 4.13. The Hall–Kier alpha value is -2.83. The Kier molecular flexibility index (Phi) is 6.02. The topological polar surface area (TPSA) is 74.2 Å². The Morgan fingerprint density at radius 1 is 1.21 bits per heavy atom. The molecule has 28 heavy (non-hydrogen) atoms. The summed E-state index contributed by atoms with van der Waals surface area (Å²) in [4.78, 5) is 27.7. The zero-order chi connectivity index (χ0) is 20.3. The molecule has 1 aliphatic rings. The summed E-state index contributed by atoms with van der Waals surface area (Å²) in [6.45, 7) is 3.39. The van der Waals surface area contributed by atoms with Crippen molar-refractivity contribution >= 4 is 47.1 Å². The van der Waals surface area contributed by atoms with E-state index in [-0.39, 0.29) is 28.1 Å². The van der Waals surface area contributed by atoms with Crippen molar-refractivity contribution < 1.29 is 23.8 Å². The van der Waals surface area contributed by atoms with Crippen molar-refractivity contribution in [3.8, 4) is 11.5 Å². The van der Waals surface area contributed by atoms with Crippen molar-refractivity contribution in [3.63, 3.8) is 0 Å². The molecule has 0 aliphatic carbocycles. The van der Waals surface area contributed by atoms with Crippen molar-refractivity contribution in [1.82, 2.24) is 0 Å². The highest BCUT2D eigenvalue weighted by Gasteiger charge is 2.24. The van der Waals surface area contributed by atoms with Gasteiger partial charge in [0, 0.05) is 17.5 Å². The minimum absolute atomic E-state index is 0.101. The Bertz CT molecular complexity index is 996. The highest BCUT2D eigenvalue weighted by atomic mass is 35.5. The first-order chi connectivity index (χ1) is 13.4. The molecule has 3 rings (SSSR count). The molecule has 0 saturated carbocycles. The number of rotatable bonds is 5. The minimum atomic E-state index is -0.594. The number of halogens is 2. The number of hydrogen-bond donors (Lipinski definition) is 0. The zero-order valence-electron chi connectivity index (χ0n) is 15.0. The smallest absolute Gasteiger partial charge is 0.363 e. The average molecular weight is 420 g/mol. The van der Waals surface area contributed by atoms with Gasteiger partial charge in [0.15, 0.2) is 17.2 Å². The third-order valence-electron chi connectivity index (χ3n) is 3.59. The van der Waals surface area contributed by atoms with Crippen LogP contribution in [0.2, 0.25) is 10.0 Å². The number of ether oxygens (including phenoxy) is 3. The van der Waals surface area contributed by atoms with E-state index in [0.29, 0.717) is 22.8 Å². The summed E-state index contributed by atoms with van der Waals surface area (Å²) in [5.41, 5.74) is 1.26. The van der Waals surface area contributed by atoms with Gasteiger partial charge in [-0.3, -0.25) is 4.79 Å². The van der Waals surface area contributed by atoms with Gasteiger partial charge in [0.2, 0.25) is 5.90 Å². The van der Waals surface area contributed by atoms with Crippen LogP contribution in [0.3, 0.4) is 0 Å². The van der Waals surface area contributed by atoms with Gasteiger partial charge in [0.1, 0.15) is 0 Å². The minimum Gasteiger partial charge on any atom is -0.490 e. The van der Waals surface area contributed by atoms with Crippen LogP contribution >= 0.6 is 23.2 Å². The van der Waals surface area contributed by atoms with Gasteiger partial charge in [-0.05, 0) is 55.0 Å². The number of carbonyl (C=O) groups is 2. The molecule has 0 amide bonds. The molecule has 0 bridgehead atoms. The van der Waals surface area contributed by atoms with Crippen LogP contribution in [-0.4, -0.2) is 24.4 Å². The number of cyclic esters (lactones) is 1. The number of carbonyl (C=O) groups excluding carboxylic acids is 2. The third kappa shape index (κ3) is 4.52. The zero-order valence-corrected chi connectivity index (χ0v) is 16.5. The van der Waals surface area contributed by atoms with Crippen molar-refractivity contribution in [2.45, 2.75) is 13.8 Å². The second kappa shape index (κ2) is 8.46. The molecule has 0 unspecified atom stereocenters. The van der Waals surface area contributed by atoms with Crippen molar-refractivity contribution in [2.24, 2.45) is 4.99 Å². The number of nitrogens with zero attached hydrogens (tertiary/aromatic N) is 1. The van der Waals surface area contributed by atoms with Crippen molar-refractivity contribution in [2.75, 3.05) is 6.61 Å². The van der Waals surface area contributed by atoms with Gasteiger partial charge in [-0.1, -0.05) is 23.2 Å². The Morgan fingerprint density at radius 2 is 1.93 bits per heavy atom. The van der Waals surface area contributed by atoms with Gasteiger partial charge in [0.05, 0.1) is 11.6 Å². The molecule has 144 valence electrons. The Balaban J connectivity index is 1.96. The predicted molar refractivity (Wildman–Crippen MR) is 106 cm³/mol. The van der Waals surface area contributed by atoms with E-state index in [1.807, 2.05) is 0 Å². The van der Waals surface area contributed by atoms with Gasteiger partial charge in [-0.25, -0.2) is 9.79 Å². The van der Waals surface area contributed by atoms with E-state index in [0.717, 1.165) is 0 Å². The van der Waals surface area contributed by atoms with Crippen LogP contribution in [0.4, 0.5) is 0 Å². The molecule has 0 spiro atoms. The average Bonchev–Trinajstić information content (AvgIpc) is 2.99. The van der Waals surface area contributed by atoms with Crippen LogP contribution in [-0.2, 0) is 14.3 Å². The van der Waals surface area contributed by atoms with E-state index >= 15 is 0 Å². The Labute approximate surface area is 171 Å². The maximum atomic E-state index is 12.2. The van der Waals surface area contributed by atoms with Gasteiger partial charge in [0.25, 0.3) is 0 Å². The summed E-state index contributed by atoms with van der Waals surface area (Å²) in [7, 11) is 0. The van der Waals surface area contributed by atoms with Crippen molar-refractivity contribution in [3.05, 3.63) is 63.3 Å². The van der Waals surface area contributed by atoms with Gasteiger partial charge in [-0.2, -0.15) is 0 Å². The molecule has 0 aromatic heterocycles. The number of aliphatic imine (C=N–C) groups is 1. The van der Waals surface area contributed by atoms with E-state index < -0.39 is 11.9 Å². The molecule has 1 heterocycles. The molecule has 1 aliphatic heterocycles. The largest absolute Gasteiger partial charge is 0.490 e. The first-order valence-electron chi connectivity index (χ1n) is 8.30. The number of hydrogen-bond acceptors (Lipinski definition) is 6. The lowest BCUT2D eigenvalue weighted by molar-refractivity contribution is -0.132. The Morgan fingerprint density at radius 3 is 2.57 bits per heavy atom. The number of benzene rings is 2. The second-order valence-corrected chi connectivity index (χ2v) is 6.54. The normalized spacial score (nSPS) is 14.6. The van der Waals surface area contributed by atoms with E-state index in [1.165, 1.54) is 13.0 Å². The number of esters is 2. The summed E-state index contributed by atoms with van der Waals surface area (Å²) < 4.78 is 15.8. The molecule has 2 aromatic rings. The predicted octanol–water partition coefficient (Wildman–Crippen LogP) is 4.66. The van der Waals surface area contributed by atoms with E-state index in [2.05, 4.69) is 4.99 Å². The standard InChI is InChI=1S/C20H15Cl2NO5/c1-3-26-17-10-12(8-15(22)18(17)27-11(2)24)9-16-20(25)28-19(23-16)13-4-6-14(21)7-5-13/h4-10H,3H2,1-2H3. The lowest BCUT2D eigenvalue weighted by atomic mass is 10.1. The van der Waals surface area contributed by atoms with E-state index in [4.69, 9.17) is 37.4 Å². The van der Waals surface area contributed by atoms with Gasteiger partial charge < -0.3 is 14.2 Å². The maximum Gasteiger partial charge on any atom is 0.363 e. The summed E-state index contributed by atoms with van der Waals surface area (Å²) in [5, 5.41) is 0.733. The lowest BCUT2D eigenvalue weighted by Crippen LogP contribution is -2.05. The molecule has 0 fully saturated rings. The molecule has 2 aromatic carbocycles. The molecule has 0 radical (unpaired) electrons. The lowest BCUT2D eigenvalue weighted by Gasteiger charge is -2.12. The molecule has 0 atom stereocenters. The SMILES string of the molecule is CCOc1cc(C=C2N=C(c3ccc(Cl)cc3)OC2=O)cc(Cl)c1OC(C)=O. The van der Waals surface area contributed by atoms with E-state index in [1.54, 1.807) is 43.3 Å². The molecular formula is C20H15Cl2NO5. The first-order valence-corrected chi connectivity index (χ1v) is 9.06. The quantitative estimate of drug-likeness (QED) is 0.400.